The minimum atomic E-state index is -3.52. The van der Waals surface area contributed by atoms with Gasteiger partial charge in [0.1, 0.15) is 0 Å². The predicted octanol–water partition coefficient (Wildman–Crippen LogP) is 2.98. The summed E-state index contributed by atoms with van der Waals surface area (Å²) < 4.78 is 33.1. The van der Waals surface area contributed by atoms with Crippen molar-refractivity contribution >= 4 is 31.9 Å². The van der Waals surface area contributed by atoms with Gasteiger partial charge in [0.05, 0.1) is 17.4 Å². The molecule has 1 aromatic rings. The molecule has 1 fully saturated rings. The lowest BCUT2D eigenvalue weighted by atomic mass is 9.98. The van der Waals surface area contributed by atoms with Gasteiger partial charge < -0.3 is 4.74 Å². The van der Waals surface area contributed by atoms with Crippen LogP contribution in [-0.2, 0) is 26.0 Å². The lowest BCUT2D eigenvalue weighted by Gasteiger charge is -2.30. The highest BCUT2D eigenvalue weighted by molar-refractivity contribution is 9.10. The monoisotopic (exact) mass is 403 g/mol. The second-order valence-electron chi connectivity index (χ2n) is 5.54. The number of aryl methyl sites for hydroxylation is 1. The number of hydrogen-bond donors (Lipinski definition) is 0. The Bertz CT molecular complexity index is 667. The first-order chi connectivity index (χ1) is 10.9. The van der Waals surface area contributed by atoms with Crippen LogP contribution >= 0.6 is 15.9 Å². The normalized spacial score (nSPS) is 17.2. The molecule has 0 saturated carbocycles. The number of halogens is 1. The molecule has 0 atom stereocenters. The highest BCUT2D eigenvalue weighted by Gasteiger charge is 2.33. The van der Waals surface area contributed by atoms with Crippen LogP contribution in [0.5, 0.6) is 0 Å². The van der Waals surface area contributed by atoms with Gasteiger partial charge in [0.25, 0.3) is 0 Å². The first-order valence-corrected chi connectivity index (χ1v) is 10.1. The average molecular weight is 404 g/mol. The van der Waals surface area contributed by atoms with E-state index in [9.17, 15) is 13.2 Å². The number of piperidine rings is 1. The van der Waals surface area contributed by atoms with Gasteiger partial charge >= 0.3 is 5.97 Å². The summed E-state index contributed by atoms with van der Waals surface area (Å²) >= 11 is 3.38. The van der Waals surface area contributed by atoms with Gasteiger partial charge in [-0.1, -0.05) is 22.9 Å². The number of benzene rings is 1. The third-order valence-electron chi connectivity index (χ3n) is 4.10. The summed E-state index contributed by atoms with van der Waals surface area (Å²) in [5, 5.41) is 0. The summed E-state index contributed by atoms with van der Waals surface area (Å²) in [6, 6.07) is 5.24. The average Bonchev–Trinajstić information content (AvgIpc) is 2.54. The number of hydrogen-bond acceptors (Lipinski definition) is 4. The number of rotatable bonds is 5. The molecular formula is C16H22BrNO4S. The Balaban J connectivity index is 2.15. The van der Waals surface area contributed by atoms with Crippen LogP contribution in [0.2, 0.25) is 0 Å². The second-order valence-corrected chi connectivity index (χ2v) is 8.36. The van der Waals surface area contributed by atoms with Crippen LogP contribution < -0.4 is 0 Å². The van der Waals surface area contributed by atoms with Crippen molar-refractivity contribution in [3.63, 3.8) is 0 Å². The molecule has 1 aliphatic heterocycles. The summed E-state index contributed by atoms with van der Waals surface area (Å²) in [5.41, 5.74) is 0.798. The highest BCUT2D eigenvalue weighted by Crippen LogP contribution is 2.28. The molecule has 0 N–H and O–H groups in total. The molecule has 7 heteroatoms. The summed E-state index contributed by atoms with van der Waals surface area (Å²) in [6.45, 7) is 4.78. The Morgan fingerprint density at radius 3 is 2.52 bits per heavy atom. The van der Waals surface area contributed by atoms with Crippen LogP contribution in [0.15, 0.2) is 27.6 Å². The topological polar surface area (TPSA) is 63.7 Å². The van der Waals surface area contributed by atoms with Crippen LogP contribution in [0.4, 0.5) is 0 Å². The number of carbonyl (C=O) groups excluding carboxylic acids is 1. The molecule has 0 amide bonds. The lowest BCUT2D eigenvalue weighted by Crippen LogP contribution is -2.40. The fourth-order valence-corrected chi connectivity index (χ4v) is 4.96. The molecule has 128 valence electrons. The van der Waals surface area contributed by atoms with E-state index in [1.807, 2.05) is 13.0 Å². The van der Waals surface area contributed by atoms with Crippen molar-refractivity contribution < 1.29 is 17.9 Å². The molecule has 2 rings (SSSR count). The van der Waals surface area contributed by atoms with Crippen molar-refractivity contribution in [1.82, 2.24) is 4.31 Å². The van der Waals surface area contributed by atoms with E-state index in [0.717, 1.165) is 10.0 Å². The molecular weight excluding hydrogens is 382 g/mol. The molecule has 1 aromatic carbocycles. The van der Waals surface area contributed by atoms with Gasteiger partial charge in [0, 0.05) is 17.6 Å². The van der Waals surface area contributed by atoms with Crippen molar-refractivity contribution in [2.75, 3.05) is 19.7 Å². The molecule has 0 spiro atoms. The third kappa shape index (κ3) is 4.14. The van der Waals surface area contributed by atoms with Crippen molar-refractivity contribution in [3.8, 4) is 0 Å². The molecule has 5 nitrogen and oxygen atoms in total. The van der Waals surface area contributed by atoms with Crippen LogP contribution in [0, 0.1) is 5.92 Å². The molecule has 0 aliphatic carbocycles. The third-order valence-corrected chi connectivity index (χ3v) is 6.59. The minimum Gasteiger partial charge on any atom is -0.466 e. The summed E-state index contributed by atoms with van der Waals surface area (Å²) in [5.74, 6) is -0.417. The lowest BCUT2D eigenvalue weighted by molar-refractivity contribution is -0.149. The van der Waals surface area contributed by atoms with Crippen molar-refractivity contribution in [3.05, 3.63) is 28.2 Å². The SMILES string of the molecule is CCOC(=O)C1CCN(S(=O)(=O)c2ccc(Br)cc2CC)CC1. The molecule has 0 bridgehead atoms. The van der Waals surface area contributed by atoms with E-state index in [4.69, 9.17) is 4.74 Å². The van der Waals surface area contributed by atoms with Crippen molar-refractivity contribution in [1.29, 1.82) is 0 Å². The molecule has 1 heterocycles. The van der Waals surface area contributed by atoms with Crippen LogP contribution in [0.1, 0.15) is 32.3 Å². The van der Waals surface area contributed by atoms with Crippen LogP contribution in [0.3, 0.4) is 0 Å². The standard InChI is InChI=1S/C16H22BrNO4S/c1-3-12-11-14(17)5-6-15(12)23(20,21)18-9-7-13(8-10-18)16(19)22-4-2/h5-6,11,13H,3-4,7-10H2,1-2H3. The maximum Gasteiger partial charge on any atom is 0.309 e. The van der Waals surface area contributed by atoms with E-state index in [0.29, 0.717) is 43.9 Å². The van der Waals surface area contributed by atoms with Crippen molar-refractivity contribution in [2.24, 2.45) is 5.92 Å². The van der Waals surface area contributed by atoms with E-state index in [-0.39, 0.29) is 11.9 Å². The number of esters is 1. The van der Waals surface area contributed by atoms with Gasteiger partial charge in [-0.05, 0) is 49.9 Å². The second kappa shape index (κ2) is 7.77. The van der Waals surface area contributed by atoms with Gasteiger partial charge in [0.2, 0.25) is 10.0 Å². The Hall–Kier alpha value is -0.920. The summed E-state index contributed by atoms with van der Waals surface area (Å²) in [7, 11) is -3.52. The Labute approximate surface area is 146 Å². The van der Waals surface area contributed by atoms with Gasteiger partial charge in [-0.25, -0.2) is 8.42 Å². The number of ether oxygens (including phenoxy) is 1. The Morgan fingerprint density at radius 2 is 1.96 bits per heavy atom. The van der Waals surface area contributed by atoms with E-state index in [2.05, 4.69) is 15.9 Å². The highest BCUT2D eigenvalue weighted by atomic mass is 79.9. The zero-order valence-electron chi connectivity index (χ0n) is 13.4. The first kappa shape index (κ1) is 18.4. The predicted molar refractivity (Wildman–Crippen MR) is 91.6 cm³/mol. The number of sulfonamides is 1. The Kier molecular flexibility index (Phi) is 6.22. The largest absolute Gasteiger partial charge is 0.466 e. The van der Waals surface area contributed by atoms with Gasteiger partial charge in [-0.3, -0.25) is 4.79 Å². The molecule has 0 unspecified atom stereocenters. The smallest absolute Gasteiger partial charge is 0.309 e. The fourth-order valence-electron chi connectivity index (χ4n) is 2.81. The van der Waals surface area contributed by atoms with Gasteiger partial charge in [0.15, 0.2) is 0 Å². The molecule has 1 saturated heterocycles. The van der Waals surface area contributed by atoms with E-state index >= 15 is 0 Å². The van der Waals surface area contributed by atoms with Gasteiger partial charge in [-0.15, -0.1) is 0 Å². The van der Waals surface area contributed by atoms with E-state index in [1.165, 1.54) is 4.31 Å². The maximum atomic E-state index is 12.9. The minimum absolute atomic E-state index is 0.197. The zero-order valence-corrected chi connectivity index (χ0v) is 15.8. The number of carbonyl (C=O) groups is 1. The van der Waals surface area contributed by atoms with Crippen molar-refractivity contribution in [2.45, 2.75) is 38.0 Å². The van der Waals surface area contributed by atoms with Crippen LogP contribution in [-0.4, -0.2) is 38.4 Å². The quantitative estimate of drug-likeness (QED) is 0.708. The van der Waals surface area contributed by atoms with E-state index < -0.39 is 10.0 Å². The first-order valence-electron chi connectivity index (χ1n) is 7.85. The zero-order chi connectivity index (χ0) is 17.0. The molecule has 0 radical (unpaired) electrons. The molecule has 0 aromatic heterocycles. The molecule has 1 aliphatic rings. The maximum absolute atomic E-state index is 12.9. The fraction of sp³-hybridized carbons (Fsp3) is 0.562. The van der Waals surface area contributed by atoms with Gasteiger partial charge in [-0.2, -0.15) is 4.31 Å². The van der Waals surface area contributed by atoms with Crippen LogP contribution in [0.25, 0.3) is 0 Å². The Morgan fingerprint density at radius 1 is 1.30 bits per heavy atom. The number of nitrogens with zero attached hydrogens (tertiary/aromatic N) is 1. The van der Waals surface area contributed by atoms with E-state index in [1.54, 1.807) is 19.1 Å². The molecule has 23 heavy (non-hydrogen) atoms. The summed E-state index contributed by atoms with van der Waals surface area (Å²) in [4.78, 5) is 12.1. The summed E-state index contributed by atoms with van der Waals surface area (Å²) in [6.07, 6.45) is 1.67.